The van der Waals surface area contributed by atoms with E-state index in [9.17, 15) is 8.42 Å². The molecule has 1 fully saturated rings. The van der Waals surface area contributed by atoms with Crippen LogP contribution in [-0.4, -0.2) is 58.3 Å². The van der Waals surface area contributed by atoms with Crippen molar-refractivity contribution in [3.63, 3.8) is 0 Å². The van der Waals surface area contributed by atoms with Crippen LogP contribution in [0.3, 0.4) is 0 Å². The highest BCUT2D eigenvalue weighted by Gasteiger charge is 2.30. The average Bonchev–Trinajstić information content (AvgIpc) is 2.51. The van der Waals surface area contributed by atoms with Gasteiger partial charge in [-0.2, -0.15) is 17.4 Å². The van der Waals surface area contributed by atoms with Crippen molar-refractivity contribution >= 4 is 10.2 Å². The molecule has 1 aromatic carbocycles. The van der Waals surface area contributed by atoms with E-state index in [1.807, 2.05) is 26.0 Å². The van der Waals surface area contributed by atoms with E-state index in [-0.39, 0.29) is 25.4 Å². The maximum atomic E-state index is 12.3. The van der Waals surface area contributed by atoms with Gasteiger partial charge in [0.15, 0.2) is 0 Å². The Morgan fingerprint density at radius 3 is 2.57 bits per heavy atom. The van der Waals surface area contributed by atoms with Gasteiger partial charge in [0.25, 0.3) is 10.2 Å². The molecule has 0 radical (unpaired) electrons. The summed E-state index contributed by atoms with van der Waals surface area (Å²) in [6.07, 6.45) is -0.216. The van der Waals surface area contributed by atoms with E-state index in [0.29, 0.717) is 24.6 Å². The zero-order chi connectivity index (χ0) is 16.9. The number of hydrogen-bond donors (Lipinski definition) is 1. The Bertz CT molecular complexity index is 598. The van der Waals surface area contributed by atoms with E-state index in [1.54, 1.807) is 19.2 Å². The maximum absolute atomic E-state index is 12.3. The lowest BCUT2D eigenvalue weighted by molar-refractivity contribution is -0.0444. The molecule has 7 nitrogen and oxygen atoms in total. The summed E-state index contributed by atoms with van der Waals surface area (Å²) in [7, 11) is -1.94. The fourth-order valence-corrected chi connectivity index (χ4v) is 3.78. The number of nitrogens with zero attached hydrogens (tertiary/aromatic N) is 1. The Morgan fingerprint density at radius 2 is 1.91 bits per heavy atom. The molecule has 2 unspecified atom stereocenters. The van der Waals surface area contributed by atoms with Crippen LogP contribution in [0, 0.1) is 0 Å². The number of nitrogens with one attached hydrogen (secondary N) is 1. The van der Waals surface area contributed by atoms with Crippen LogP contribution in [0.2, 0.25) is 0 Å². The molecule has 0 aromatic heterocycles. The highest BCUT2D eigenvalue weighted by atomic mass is 32.2. The second-order valence-electron chi connectivity index (χ2n) is 5.50. The molecule has 8 heteroatoms. The van der Waals surface area contributed by atoms with Crippen LogP contribution in [0.15, 0.2) is 24.3 Å². The van der Waals surface area contributed by atoms with Crippen LogP contribution in [0.4, 0.5) is 0 Å². The minimum Gasteiger partial charge on any atom is -0.497 e. The molecule has 0 spiro atoms. The third-order valence-electron chi connectivity index (χ3n) is 3.42. The zero-order valence-electron chi connectivity index (χ0n) is 13.7. The van der Waals surface area contributed by atoms with E-state index < -0.39 is 10.2 Å². The molecule has 1 N–H and O–H groups in total. The summed E-state index contributed by atoms with van der Waals surface area (Å²) in [6.45, 7) is 4.88. The van der Waals surface area contributed by atoms with Crippen molar-refractivity contribution in [2.75, 3.05) is 33.4 Å². The molecular weight excluding hydrogens is 320 g/mol. The quantitative estimate of drug-likeness (QED) is 0.747. The second kappa shape index (κ2) is 7.96. The molecule has 1 aromatic rings. The van der Waals surface area contributed by atoms with E-state index in [4.69, 9.17) is 14.2 Å². The first-order valence-corrected chi connectivity index (χ1v) is 9.02. The number of hydrogen-bond acceptors (Lipinski definition) is 5. The Kier molecular flexibility index (Phi) is 6.23. The average molecular weight is 344 g/mol. The molecule has 0 aliphatic carbocycles. The van der Waals surface area contributed by atoms with Gasteiger partial charge in [0.2, 0.25) is 0 Å². The Balaban J connectivity index is 1.80. The molecule has 130 valence electrons. The zero-order valence-corrected chi connectivity index (χ0v) is 14.5. The Morgan fingerprint density at radius 1 is 1.26 bits per heavy atom. The van der Waals surface area contributed by atoms with Gasteiger partial charge in [-0.3, -0.25) is 0 Å². The molecule has 2 atom stereocenters. The van der Waals surface area contributed by atoms with Gasteiger partial charge in [0.1, 0.15) is 18.1 Å². The molecule has 1 aliphatic heterocycles. The minimum absolute atomic E-state index is 0.108. The van der Waals surface area contributed by atoms with Crippen molar-refractivity contribution in [3.05, 3.63) is 24.3 Å². The summed E-state index contributed by atoms with van der Waals surface area (Å²) < 4.78 is 44.7. The SMILES string of the molecule is COc1cccc(OCCNS(=O)(=O)N2CC(C)OC(C)C2)c1. The van der Waals surface area contributed by atoms with Crippen LogP contribution >= 0.6 is 0 Å². The van der Waals surface area contributed by atoms with Crippen LogP contribution in [0.25, 0.3) is 0 Å². The molecule has 1 saturated heterocycles. The van der Waals surface area contributed by atoms with Crippen molar-refractivity contribution in [1.82, 2.24) is 9.03 Å². The minimum atomic E-state index is -3.52. The first-order valence-electron chi connectivity index (χ1n) is 7.58. The number of benzene rings is 1. The first-order chi connectivity index (χ1) is 10.9. The summed E-state index contributed by atoms with van der Waals surface area (Å²) in [4.78, 5) is 0. The van der Waals surface area contributed by atoms with Crippen molar-refractivity contribution in [2.45, 2.75) is 26.1 Å². The van der Waals surface area contributed by atoms with Gasteiger partial charge < -0.3 is 14.2 Å². The maximum Gasteiger partial charge on any atom is 0.279 e. The Labute approximate surface area is 137 Å². The summed E-state index contributed by atoms with van der Waals surface area (Å²) >= 11 is 0. The molecule has 0 saturated carbocycles. The fraction of sp³-hybridized carbons (Fsp3) is 0.600. The second-order valence-corrected chi connectivity index (χ2v) is 7.26. The number of ether oxygens (including phenoxy) is 3. The monoisotopic (exact) mass is 344 g/mol. The van der Waals surface area contributed by atoms with Crippen molar-refractivity contribution in [3.8, 4) is 11.5 Å². The molecular formula is C15H24N2O5S. The number of morpholine rings is 1. The lowest BCUT2D eigenvalue weighted by Crippen LogP contribution is -2.52. The molecule has 0 amide bonds. The summed E-state index contributed by atoms with van der Waals surface area (Å²) in [5, 5.41) is 0. The van der Waals surface area contributed by atoms with Crippen LogP contribution in [0.1, 0.15) is 13.8 Å². The van der Waals surface area contributed by atoms with E-state index in [2.05, 4.69) is 4.72 Å². The predicted molar refractivity (Wildman–Crippen MR) is 87.0 cm³/mol. The standard InChI is InChI=1S/C15H24N2O5S/c1-12-10-17(11-13(2)22-12)23(18,19)16-7-8-21-15-6-4-5-14(9-15)20-3/h4-6,9,12-13,16H,7-8,10-11H2,1-3H3. The summed E-state index contributed by atoms with van der Waals surface area (Å²) in [5.41, 5.74) is 0. The number of rotatable bonds is 7. The van der Waals surface area contributed by atoms with Crippen LogP contribution < -0.4 is 14.2 Å². The Hall–Kier alpha value is -1.35. The van der Waals surface area contributed by atoms with Gasteiger partial charge in [0, 0.05) is 25.7 Å². The van der Waals surface area contributed by atoms with E-state index in [1.165, 1.54) is 4.31 Å². The van der Waals surface area contributed by atoms with Gasteiger partial charge in [-0.1, -0.05) is 6.07 Å². The molecule has 2 rings (SSSR count). The molecule has 0 bridgehead atoms. The van der Waals surface area contributed by atoms with Gasteiger partial charge in [0.05, 0.1) is 19.3 Å². The van der Waals surface area contributed by atoms with Crippen LogP contribution in [-0.2, 0) is 14.9 Å². The summed E-state index contributed by atoms with van der Waals surface area (Å²) in [5.74, 6) is 1.33. The van der Waals surface area contributed by atoms with Crippen molar-refractivity contribution in [1.29, 1.82) is 0 Å². The van der Waals surface area contributed by atoms with Crippen molar-refractivity contribution in [2.24, 2.45) is 0 Å². The lowest BCUT2D eigenvalue weighted by Gasteiger charge is -2.34. The first kappa shape index (κ1) is 18.0. The van der Waals surface area contributed by atoms with Crippen molar-refractivity contribution < 1.29 is 22.6 Å². The highest BCUT2D eigenvalue weighted by molar-refractivity contribution is 7.87. The normalized spacial score (nSPS) is 22.7. The molecule has 23 heavy (non-hydrogen) atoms. The number of methoxy groups -OCH3 is 1. The molecule has 1 aliphatic rings. The summed E-state index contributed by atoms with van der Waals surface area (Å²) in [6, 6.07) is 7.17. The fourth-order valence-electron chi connectivity index (χ4n) is 2.45. The van der Waals surface area contributed by atoms with Gasteiger partial charge >= 0.3 is 0 Å². The van der Waals surface area contributed by atoms with Gasteiger partial charge in [-0.25, -0.2) is 0 Å². The smallest absolute Gasteiger partial charge is 0.279 e. The largest absolute Gasteiger partial charge is 0.497 e. The van der Waals surface area contributed by atoms with E-state index >= 15 is 0 Å². The van der Waals surface area contributed by atoms with Gasteiger partial charge in [-0.15, -0.1) is 0 Å². The third kappa shape index (κ3) is 5.35. The van der Waals surface area contributed by atoms with Crippen LogP contribution in [0.5, 0.6) is 11.5 Å². The highest BCUT2D eigenvalue weighted by Crippen LogP contribution is 2.18. The predicted octanol–water partition coefficient (Wildman–Crippen LogP) is 1.02. The van der Waals surface area contributed by atoms with E-state index in [0.717, 1.165) is 0 Å². The molecule has 1 heterocycles. The lowest BCUT2D eigenvalue weighted by atomic mass is 10.3. The third-order valence-corrected chi connectivity index (χ3v) is 4.97. The van der Waals surface area contributed by atoms with Gasteiger partial charge in [-0.05, 0) is 26.0 Å². The topological polar surface area (TPSA) is 77.1 Å².